The van der Waals surface area contributed by atoms with Gasteiger partial charge in [-0.2, -0.15) is 0 Å². The molecule has 23 heavy (non-hydrogen) atoms. The van der Waals surface area contributed by atoms with Crippen molar-refractivity contribution in [1.82, 2.24) is 9.55 Å². The molecule has 0 radical (unpaired) electrons. The second-order valence-electron chi connectivity index (χ2n) is 5.43. The van der Waals surface area contributed by atoms with Crippen LogP contribution in [0, 0.1) is 19.7 Å². The Labute approximate surface area is 133 Å². The third-order valence-corrected chi connectivity index (χ3v) is 3.72. The normalized spacial score (nSPS) is 10.7. The van der Waals surface area contributed by atoms with Crippen molar-refractivity contribution < 1.29 is 9.18 Å². The van der Waals surface area contributed by atoms with Crippen molar-refractivity contribution in [2.75, 3.05) is 0 Å². The van der Waals surface area contributed by atoms with Crippen LogP contribution in [-0.2, 0) is 0 Å². The lowest BCUT2D eigenvalue weighted by Crippen LogP contribution is -2.13. The van der Waals surface area contributed by atoms with Crippen LogP contribution in [0.25, 0.3) is 16.9 Å². The Kier molecular flexibility index (Phi) is 3.70. The van der Waals surface area contributed by atoms with Crippen molar-refractivity contribution >= 4 is 5.91 Å². The Morgan fingerprint density at radius 3 is 2.48 bits per heavy atom. The molecule has 0 saturated carbocycles. The molecular weight excluding hydrogens is 293 g/mol. The van der Waals surface area contributed by atoms with E-state index in [0.717, 1.165) is 22.5 Å². The van der Waals surface area contributed by atoms with E-state index >= 15 is 0 Å². The number of rotatable bonds is 3. The molecule has 0 saturated heterocycles. The number of amides is 1. The monoisotopic (exact) mass is 309 g/mol. The zero-order valence-corrected chi connectivity index (χ0v) is 12.9. The van der Waals surface area contributed by atoms with Gasteiger partial charge in [-0.3, -0.25) is 9.78 Å². The number of benzene rings is 1. The number of hydrogen-bond acceptors (Lipinski definition) is 2. The Bertz CT molecular complexity index is 882. The van der Waals surface area contributed by atoms with E-state index in [0.29, 0.717) is 11.3 Å². The summed E-state index contributed by atoms with van der Waals surface area (Å²) in [7, 11) is 0. The van der Waals surface area contributed by atoms with Crippen molar-refractivity contribution in [2.45, 2.75) is 13.8 Å². The number of halogens is 1. The Hall–Kier alpha value is -2.95. The van der Waals surface area contributed by atoms with E-state index in [1.54, 1.807) is 18.3 Å². The van der Waals surface area contributed by atoms with Gasteiger partial charge in [-0.15, -0.1) is 0 Å². The summed E-state index contributed by atoms with van der Waals surface area (Å²) in [5.74, 6) is -0.838. The third kappa shape index (κ3) is 2.73. The van der Waals surface area contributed by atoms with Crippen LogP contribution in [0.1, 0.15) is 21.6 Å². The van der Waals surface area contributed by atoms with Gasteiger partial charge < -0.3 is 10.3 Å². The average Bonchev–Trinajstić information content (AvgIpc) is 2.85. The minimum absolute atomic E-state index is 0.330. The van der Waals surface area contributed by atoms with Crippen LogP contribution in [-0.4, -0.2) is 15.5 Å². The van der Waals surface area contributed by atoms with Crippen LogP contribution < -0.4 is 5.73 Å². The summed E-state index contributed by atoms with van der Waals surface area (Å²) >= 11 is 0. The Balaban J connectivity index is 2.30. The fraction of sp³-hybridized carbons (Fsp3) is 0.111. The minimum atomic E-state index is -0.508. The van der Waals surface area contributed by atoms with Crippen molar-refractivity contribution in [3.8, 4) is 16.9 Å². The first-order valence-corrected chi connectivity index (χ1v) is 7.18. The molecule has 0 bridgehead atoms. The van der Waals surface area contributed by atoms with Gasteiger partial charge in [0.25, 0.3) is 5.91 Å². The zero-order valence-electron chi connectivity index (χ0n) is 12.9. The molecule has 2 heterocycles. The zero-order chi connectivity index (χ0) is 16.6. The van der Waals surface area contributed by atoms with Gasteiger partial charge in [0, 0.05) is 23.8 Å². The van der Waals surface area contributed by atoms with Crippen LogP contribution in [0.2, 0.25) is 0 Å². The first-order valence-electron chi connectivity index (χ1n) is 7.18. The highest BCUT2D eigenvalue weighted by molar-refractivity contribution is 6.01. The number of aromatic nitrogens is 2. The fourth-order valence-electron chi connectivity index (χ4n) is 2.72. The molecule has 0 spiro atoms. The summed E-state index contributed by atoms with van der Waals surface area (Å²) < 4.78 is 15.1. The largest absolute Gasteiger partial charge is 0.366 e. The van der Waals surface area contributed by atoms with Gasteiger partial charge in [0.05, 0.1) is 11.3 Å². The molecule has 0 unspecified atom stereocenters. The van der Waals surface area contributed by atoms with Crippen molar-refractivity contribution in [3.63, 3.8) is 0 Å². The summed E-state index contributed by atoms with van der Waals surface area (Å²) in [6.07, 6.45) is 3.56. The number of aryl methyl sites for hydroxylation is 2. The summed E-state index contributed by atoms with van der Waals surface area (Å²) in [6.45, 7) is 3.73. The minimum Gasteiger partial charge on any atom is -0.366 e. The maximum Gasteiger partial charge on any atom is 0.251 e. The molecule has 3 aromatic rings. The van der Waals surface area contributed by atoms with Crippen LogP contribution in [0.4, 0.5) is 4.39 Å². The number of pyridine rings is 1. The molecule has 1 amide bonds. The van der Waals surface area contributed by atoms with Crippen molar-refractivity contribution in [1.29, 1.82) is 0 Å². The molecule has 0 atom stereocenters. The number of hydrogen-bond donors (Lipinski definition) is 1. The smallest absolute Gasteiger partial charge is 0.251 e. The number of nitrogens with zero attached hydrogens (tertiary/aromatic N) is 2. The highest BCUT2D eigenvalue weighted by atomic mass is 19.1. The summed E-state index contributed by atoms with van der Waals surface area (Å²) in [5, 5.41) is 0. The fourth-order valence-corrected chi connectivity index (χ4v) is 2.72. The van der Waals surface area contributed by atoms with Crippen molar-refractivity contribution in [3.05, 3.63) is 71.4 Å². The number of nitrogens with two attached hydrogens (primary N) is 1. The van der Waals surface area contributed by atoms with Crippen molar-refractivity contribution in [2.24, 2.45) is 5.73 Å². The molecule has 3 rings (SSSR count). The first kappa shape index (κ1) is 15.0. The van der Waals surface area contributed by atoms with Gasteiger partial charge >= 0.3 is 0 Å². The van der Waals surface area contributed by atoms with E-state index in [1.807, 2.05) is 36.7 Å². The Morgan fingerprint density at radius 2 is 1.87 bits per heavy atom. The number of carbonyl (C=O) groups is 1. The lowest BCUT2D eigenvalue weighted by molar-refractivity contribution is 0.100. The highest BCUT2D eigenvalue weighted by Crippen LogP contribution is 2.31. The van der Waals surface area contributed by atoms with Gasteiger partial charge in [-0.05, 0) is 61.4 Å². The van der Waals surface area contributed by atoms with Gasteiger partial charge in [-0.25, -0.2) is 4.39 Å². The van der Waals surface area contributed by atoms with E-state index < -0.39 is 5.91 Å². The van der Waals surface area contributed by atoms with Crippen LogP contribution in [0.15, 0.2) is 48.8 Å². The second kappa shape index (κ2) is 5.68. The molecule has 0 aliphatic carbocycles. The van der Waals surface area contributed by atoms with Gasteiger partial charge in [0.1, 0.15) is 5.82 Å². The standard InChI is InChI=1S/C18H16FN3O/c1-11-10-22(15-7-8-21-12(2)9-15)17(16(11)18(20)23)13-3-5-14(19)6-4-13/h3-10H,1-2H3,(H2,20,23). The SMILES string of the molecule is Cc1cc(-n2cc(C)c(C(N)=O)c2-c2ccc(F)cc2)ccn1. The highest BCUT2D eigenvalue weighted by Gasteiger charge is 2.20. The van der Waals surface area contributed by atoms with Crippen LogP contribution in [0.5, 0.6) is 0 Å². The van der Waals surface area contributed by atoms with E-state index in [9.17, 15) is 9.18 Å². The Morgan fingerprint density at radius 1 is 1.17 bits per heavy atom. The van der Waals surface area contributed by atoms with E-state index in [4.69, 9.17) is 5.73 Å². The van der Waals surface area contributed by atoms with Crippen LogP contribution >= 0.6 is 0 Å². The van der Waals surface area contributed by atoms with Gasteiger partial charge in [0.15, 0.2) is 0 Å². The molecule has 4 nitrogen and oxygen atoms in total. The maximum atomic E-state index is 13.2. The summed E-state index contributed by atoms with van der Waals surface area (Å²) in [5.41, 5.74) is 9.88. The van der Waals surface area contributed by atoms with E-state index in [1.165, 1.54) is 12.1 Å². The van der Waals surface area contributed by atoms with E-state index in [-0.39, 0.29) is 5.82 Å². The third-order valence-electron chi connectivity index (χ3n) is 3.72. The molecule has 2 aromatic heterocycles. The molecule has 2 N–H and O–H groups in total. The molecular formula is C18H16FN3O. The molecule has 5 heteroatoms. The first-order chi connectivity index (χ1) is 11.0. The lowest BCUT2D eigenvalue weighted by Gasteiger charge is -2.11. The molecule has 116 valence electrons. The van der Waals surface area contributed by atoms with E-state index in [2.05, 4.69) is 4.98 Å². The predicted octanol–water partition coefficient (Wildman–Crippen LogP) is 3.39. The summed E-state index contributed by atoms with van der Waals surface area (Å²) in [4.78, 5) is 16.1. The number of carbonyl (C=O) groups excluding carboxylic acids is 1. The molecule has 0 fully saturated rings. The molecule has 0 aliphatic heterocycles. The van der Waals surface area contributed by atoms with Gasteiger partial charge in [0.2, 0.25) is 0 Å². The van der Waals surface area contributed by atoms with Crippen LogP contribution in [0.3, 0.4) is 0 Å². The molecule has 0 aliphatic rings. The number of primary amides is 1. The maximum absolute atomic E-state index is 13.2. The summed E-state index contributed by atoms with van der Waals surface area (Å²) in [6, 6.07) is 9.78. The average molecular weight is 309 g/mol. The van der Waals surface area contributed by atoms with Gasteiger partial charge in [-0.1, -0.05) is 0 Å². The molecule has 1 aromatic carbocycles. The second-order valence-corrected chi connectivity index (χ2v) is 5.43. The quantitative estimate of drug-likeness (QED) is 0.806. The lowest BCUT2D eigenvalue weighted by atomic mass is 10.0. The topological polar surface area (TPSA) is 60.9 Å². The predicted molar refractivity (Wildman–Crippen MR) is 86.9 cm³/mol.